The summed E-state index contributed by atoms with van der Waals surface area (Å²) in [6.45, 7) is 8.04. The fourth-order valence-electron chi connectivity index (χ4n) is 4.06. The van der Waals surface area contributed by atoms with Gasteiger partial charge < -0.3 is 14.5 Å². The zero-order valence-electron chi connectivity index (χ0n) is 20.9. The summed E-state index contributed by atoms with van der Waals surface area (Å²) in [4.78, 5) is 28.3. The van der Waals surface area contributed by atoms with Gasteiger partial charge in [-0.3, -0.25) is 9.36 Å². The Bertz CT molecular complexity index is 1410. The maximum Gasteiger partial charge on any atom is 0.339 e. The van der Waals surface area contributed by atoms with Crippen LogP contribution in [0.4, 0.5) is 0 Å². The smallest absolute Gasteiger partial charge is 0.339 e. The van der Waals surface area contributed by atoms with E-state index in [9.17, 15) is 9.59 Å². The van der Waals surface area contributed by atoms with Gasteiger partial charge in [-0.05, 0) is 63.6 Å². The number of aryl methyl sites for hydroxylation is 2. The van der Waals surface area contributed by atoms with Gasteiger partial charge in [-0.2, -0.15) is 0 Å². The Kier molecular flexibility index (Phi) is 7.59. The van der Waals surface area contributed by atoms with Crippen LogP contribution in [-0.4, -0.2) is 51.0 Å². The molecule has 2 aromatic carbocycles. The van der Waals surface area contributed by atoms with Crippen molar-refractivity contribution in [2.45, 2.75) is 32.9 Å². The van der Waals surface area contributed by atoms with Crippen LogP contribution in [0.5, 0.6) is 5.75 Å². The number of carbonyl (C=O) groups is 2. The third-order valence-electron chi connectivity index (χ3n) is 5.75. The number of carbonyl (C=O) groups excluding carboxylic acids is 2. The highest BCUT2D eigenvalue weighted by Gasteiger charge is 2.24. The summed E-state index contributed by atoms with van der Waals surface area (Å²) in [6.07, 6.45) is 0. The number of nitrogens with one attached hydrogen (secondary N) is 1. The number of H-pyrrole nitrogens is 1. The van der Waals surface area contributed by atoms with E-state index in [-0.39, 0.29) is 11.5 Å². The third kappa shape index (κ3) is 5.06. The number of aromatic nitrogens is 4. The molecule has 0 saturated heterocycles. The van der Waals surface area contributed by atoms with E-state index in [0.717, 1.165) is 22.6 Å². The van der Waals surface area contributed by atoms with Gasteiger partial charge in [-0.1, -0.05) is 35.5 Å². The lowest BCUT2D eigenvalue weighted by Gasteiger charge is -2.12. The second-order valence-corrected chi connectivity index (χ2v) is 9.21. The van der Waals surface area contributed by atoms with E-state index in [4.69, 9.17) is 9.47 Å². The molecule has 186 valence electrons. The van der Waals surface area contributed by atoms with Crippen LogP contribution in [0.1, 0.15) is 44.6 Å². The molecule has 0 atom stereocenters. The van der Waals surface area contributed by atoms with Crippen LogP contribution in [0.3, 0.4) is 0 Å². The van der Waals surface area contributed by atoms with Gasteiger partial charge in [0, 0.05) is 16.9 Å². The first-order chi connectivity index (χ1) is 17.3. The first-order valence-corrected chi connectivity index (χ1v) is 12.5. The van der Waals surface area contributed by atoms with Crippen LogP contribution in [0, 0.1) is 20.8 Å². The maximum absolute atomic E-state index is 13.1. The van der Waals surface area contributed by atoms with Crippen LogP contribution in [0.15, 0.2) is 53.7 Å². The van der Waals surface area contributed by atoms with E-state index in [1.807, 2.05) is 66.9 Å². The number of hydrogen-bond donors (Lipinski definition) is 1. The second-order valence-electron chi connectivity index (χ2n) is 8.27. The van der Waals surface area contributed by atoms with E-state index in [1.54, 1.807) is 13.8 Å². The Morgan fingerprint density at radius 2 is 1.81 bits per heavy atom. The standard InChI is InChI=1S/C27H28N4O4S/c1-6-35-21-12-10-20(11-13-21)31-25(19-9-7-8-16(2)14-19)29-30-27(31)36-15-22(32)24-17(3)23(18(4)28-24)26(33)34-5/h7-14,28H,6,15H2,1-5H3. The normalized spacial score (nSPS) is 10.9. The van der Waals surface area contributed by atoms with Crippen LogP contribution in [-0.2, 0) is 4.74 Å². The minimum atomic E-state index is -0.467. The molecule has 0 radical (unpaired) electrons. The number of Topliss-reactive ketones (excluding diaryl/α,β-unsaturated/α-hetero) is 1. The lowest BCUT2D eigenvalue weighted by molar-refractivity contribution is 0.0599. The maximum atomic E-state index is 13.1. The van der Waals surface area contributed by atoms with Crippen molar-refractivity contribution in [3.05, 3.63) is 76.6 Å². The zero-order valence-corrected chi connectivity index (χ0v) is 21.7. The van der Waals surface area contributed by atoms with Crippen molar-refractivity contribution in [1.82, 2.24) is 19.7 Å². The molecule has 4 rings (SSSR count). The molecule has 0 saturated carbocycles. The van der Waals surface area contributed by atoms with Crippen molar-refractivity contribution in [2.75, 3.05) is 19.5 Å². The summed E-state index contributed by atoms with van der Waals surface area (Å²) in [5, 5.41) is 9.46. The summed E-state index contributed by atoms with van der Waals surface area (Å²) >= 11 is 1.29. The van der Waals surface area contributed by atoms with Gasteiger partial charge in [0.05, 0.1) is 30.7 Å². The average Bonchev–Trinajstić information content (AvgIpc) is 3.43. The molecule has 8 nitrogen and oxygen atoms in total. The molecular formula is C27H28N4O4S. The molecule has 0 unspecified atom stereocenters. The lowest BCUT2D eigenvalue weighted by atomic mass is 10.1. The van der Waals surface area contributed by atoms with Gasteiger partial charge in [0.2, 0.25) is 0 Å². The molecule has 0 fully saturated rings. The summed E-state index contributed by atoms with van der Waals surface area (Å²) in [7, 11) is 1.32. The largest absolute Gasteiger partial charge is 0.494 e. The Labute approximate surface area is 214 Å². The van der Waals surface area contributed by atoms with Crippen molar-refractivity contribution in [1.29, 1.82) is 0 Å². The predicted molar refractivity (Wildman–Crippen MR) is 139 cm³/mol. The quantitative estimate of drug-likeness (QED) is 0.186. The number of benzene rings is 2. The first-order valence-electron chi connectivity index (χ1n) is 11.5. The van der Waals surface area contributed by atoms with Gasteiger partial charge in [-0.15, -0.1) is 10.2 Å². The number of esters is 1. The molecule has 1 N–H and O–H groups in total. The highest BCUT2D eigenvalue weighted by atomic mass is 32.2. The number of hydrogen-bond acceptors (Lipinski definition) is 7. The Hall–Kier alpha value is -3.85. The monoisotopic (exact) mass is 504 g/mol. The van der Waals surface area contributed by atoms with Crippen molar-refractivity contribution in [2.24, 2.45) is 0 Å². The van der Waals surface area contributed by atoms with E-state index in [1.165, 1.54) is 18.9 Å². The third-order valence-corrected chi connectivity index (χ3v) is 6.68. The van der Waals surface area contributed by atoms with Crippen LogP contribution < -0.4 is 4.74 Å². The molecule has 2 aromatic heterocycles. The molecule has 0 aliphatic carbocycles. The molecular weight excluding hydrogens is 476 g/mol. The van der Waals surface area contributed by atoms with Crippen LogP contribution >= 0.6 is 11.8 Å². The average molecular weight is 505 g/mol. The molecule has 9 heteroatoms. The lowest BCUT2D eigenvalue weighted by Crippen LogP contribution is -2.08. The minimum absolute atomic E-state index is 0.115. The SMILES string of the molecule is CCOc1ccc(-n2c(SCC(=O)c3[nH]c(C)c(C(=O)OC)c3C)nnc2-c2cccc(C)c2)cc1. The van der Waals surface area contributed by atoms with Crippen molar-refractivity contribution < 1.29 is 19.1 Å². The molecule has 0 aliphatic heterocycles. The summed E-state index contributed by atoms with van der Waals surface area (Å²) in [6, 6.07) is 15.7. The Morgan fingerprint density at radius 1 is 1.06 bits per heavy atom. The van der Waals surface area contributed by atoms with E-state index in [2.05, 4.69) is 15.2 Å². The topological polar surface area (TPSA) is 99.1 Å². The number of methoxy groups -OCH3 is 1. The molecule has 0 aliphatic rings. The number of rotatable bonds is 9. The van der Waals surface area contributed by atoms with Crippen molar-refractivity contribution >= 4 is 23.5 Å². The van der Waals surface area contributed by atoms with Crippen molar-refractivity contribution in [3.8, 4) is 22.8 Å². The van der Waals surface area contributed by atoms with Gasteiger partial charge in [0.1, 0.15) is 5.75 Å². The number of aromatic amines is 1. The fraction of sp³-hybridized carbons (Fsp3) is 0.259. The van der Waals surface area contributed by atoms with Crippen LogP contribution in [0.2, 0.25) is 0 Å². The van der Waals surface area contributed by atoms with Crippen molar-refractivity contribution in [3.63, 3.8) is 0 Å². The molecule has 0 amide bonds. The van der Waals surface area contributed by atoms with Crippen LogP contribution in [0.25, 0.3) is 17.1 Å². The summed E-state index contributed by atoms with van der Waals surface area (Å²) in [5.74, 6) is 0.956. The van der Waals surface area contributed by atoms with E-state index < -0.39 is 5.97 Å². The van der Waals surface area contributed by atoms with E-state index >= 15 is 0 Å². The zero-order chi connectivity index (χ0) is 25.8. The highest BCUT2D eigenvalue weighted by Crippen LogP contribution is 2.30. The second kappa shape index (κ2) is 10.8. The molecule has 0 bridgehead atoms. The summed E-state index contributed by atoms with van der Waals surface area (Å²) < 4.78 is 12.4. The van der Waals surface area contributed by atoms with Gasteiger partial charge in [-0.25, -0.2) is 4.79 Å². The van der Waals surface area contributed by atoms with Gasteiger partial charge >= 0.3 is 5.97 Å². The first kappa shape index (κ1) is 25.2. The van der Waals surface area contributed by atoms with E-state index in [0.29, 0.717) is 40.1 Å². The molecule has 2 heterocycles. The molecule has 36 heavy (non-hydrogen) atoms. The summed E-state index contributed by atoms with van der Waals surface area (Å²) in [5.41, 5.74) is 4.86. The Morgan fingerprint density at radius 3 is 2.47 bits per heavy atom. The van der Waals surface area contributed by atoms with Gasteiger partial charge in [0.25, 0.3) is 0 Å². The Balaban J connectivity index is 1.67. The number of thioether (sulfide) groups is 1. The van der Waals surface area contributed by atoms with Gasteiger partial charge in [0.15, 0.2) is 16.8 Å². The number of ether oxygens (including phenoxy) is 2. The predicted octanol–water partition coefficient (Wildman–Crippen LogP) is 5.35. The minimum Gasteiger partial charge on any atom is -0.494 e. The molecule has 4 aromatic rings. The highest BCUT2D eigenvalue weighted by molar-refractivity contribution is 7.99. The number of nitrogens with zero attached hydrogens (tertiary/aromatic N) is 3. The molecule has 0 spiro atoms. The number of ketones is 1. The fourth-order valence-corrected chi connectivity index (χ4v) is 4.89.